The molecule has 2 heterocycles. The molecular weight excluding hydrogens is 504 g/mol. The van der Waals surface area contributed by atoms with E-state index >= 15 is 0 Å². The van der Waals surface area contributed by atoms with Gasteiger partial charge in [0.1, 0.15) is 11.5 Å². The lowest BCUT2D eigenvalue weighted by Gasteiger charge is -2.19. The molecule has 3 aromatic carbocycles. The van der Waals surface area contributed by atoms with Crippen molar-refractivity contribution in [1.82, 2.24) is 9.80 Å². The first kappa shape index (κ1) is 26.9. The van der Waals surface area contributed by atoms with Crippen molar-refractivity contribution < 1.29 is 19.1 Å². The van der Waals surface area contributed by atoms with Gasteiger partial charge in [-0.25, -0.2) is 0 Å². The summed E-state index contributed by atoms with van der Waals surface area (Å²) >= 11 is 0. The largest absolute Gasteiger partial charge is 0.457 e. The normalized spacial score (nSPS) is 16.9. The lowest BCUT2D eigenvalue weighted by Crippen LogP contribution is -2.27. The minimum absolute atomic E-state index is 0.0920. The quantitative estimate of drug-likeness (QED) is 0.467. The van der Waals surface area contributed by atoms with E-state index in [2.05, 4.69) is 12.1 Å². The van der Waals surface area contributed by atoms with E-state index in [9.17, 15) is 14.4 Å². The summed E-state index contributed by atoms with van der Waals surface area (Å²) in [6.07, 6.45) is 4.74. The van der Waals surface area contributed by atoms with E-state index in [4.69, 9.17) is 15.7 Å². The van der Waals surface area contributed by atoms with Crippen molar-refractivity contribution in [3.05, 3.63) is 95.1 Å². The molecule has 1 saturated carbocycles. The number of primary amides is 1. The number of rotatable bonds is 7. The van der Waals surface area contributed by atoms with Crippen molar-refractivity contribution >= 4 is 17.7 Å². The monoisotopic (exact) mass is 536 g/mol. The van der Waals surface area contributed by atoms with Gasteiger partial charge in [-0.3, -0.25) is 14.4 Å². The van der Waals surface area contributed by atoms with E-state index < -0.39 is 5.91 Å². The van der Waals surface area contributed by atoms with Gasteiger partial charge >= 0.3 is 0 Å². The average Bonchev–Trinajstić information content (AvgIpc) is 3.57. The Bertz CT molecular complexity index is 1440. The number of nitrogens with two attached hydrogens (primary N) is 1. The molecule has 0 radical (unpaired) electrons. The van der Waals surface area contributed by atoms with Gasteiger partial charge in [-0.2, -0.15) is 5.26 Å². The summed E-state index contributed by atoms with van der Waals surface area (Å²) in [6.45, 7) is 2.88. The molecule has 0 aromatic heterocycles. The molecule has 2 aliphatic heterocycles. The van der Waals surface area contributed by atoms with Gasteiger partial charge in [0.05, 0.1) is 17.0 Å². The SMILES string of the molecule is N#Cc1ccc(Oc2cc(C(N)=O)ccc2CN2CCCC2=O)cc1.O=C1N(Cc2ccccc2)CCC12CC2. The Morgan fingerprint density at radius 2 is 1.68 bits per heavy atom. The van der Waals surface area contributed by atoms with Gasteiger partial charge in [-0.05, 0) is 67.6 Å². The van der Waals surface area contributed by atoms with Crippen LogP contribution in [0, 0.1) is 16.7 Å². The maximum atomic E-state index is 12.0. The molecule has 0 bridgehead atoms. The van der Waals surface area contributed by atoms with Crippen molar-refractivity contribution in [1.29, 1.82) is 5.26 Å². The number of amides is 3. The second-order valence-electron chi connectivity index (χ2n) is 10.6. The van der Waals surface area contributed by atoms with Crippen LogP contribution in [0.3, 0.4) is 0 Å². The van der Waals surface area contributed by atoms with E-state index in [0.717, 1.165) is 44.3 Å². The highest BCUT2D eigenvalue weighted by atomic mass is 16.5. The summed E-state index contributed by atoms with van der Waals surface area (Å²) in [5.41, 5.74) is 8.34. The lowest BCUT2D eigenvalue weighted by molar-refractivity contribution is -0.132. The number of nitrogens with zero attached hydrogens (tertiary/aromatic N) is 3. The molecule has 2 N–H and O–H groups in total. The van der Waals surface area contributed by atoms with E-state index in [0.29, 0.717) is 48.0 Å². The van der Waals surface area contributed by atoms with Gasteiger partial charge in [0.25, 0.3) is 0 Å². The average molecular weight is 537 g/mol. The van der Waals surface area contributed by atoms with Crippen LogP contribution in [0.1, 0.15) is 59.2 Å². The predicted octanol–water partition coefficient (Wildman–Crippen LogP) is 4.77. The fourth-order valence-electron chi connectivity index (χ4n) is 5.20. The smallest absolute Gasteiger partial charge is 0.248 e. The van der Waals surface area contributed by atoms with Crippen LogP contribution in [0.25, 0.3) is 0 Å². The molecule has 3 aromatic rings. The fourth-order valence-corrected chi connectivity index (χ4v) is 5.20. The van der Waals surface area contributed by atoms with Crippen LogP contribution in [0.2, 0.25) is 0 Å². The topological polar surface area (TPSA) is 117 Å². The Balaban J connectivity index is 0.000000182. The molecule has 204 valence electrons. The first-order chi connectivity index (χ1) is 19.4. The van der Waals surface area contributed by atoms with Gasteiger partial charge in [0.15, 0.2) is 0 Å². The minimum Gasteiger partial charge on any atom is -0.457 e. The molecule has 1 spiro atoms. The molecule has 0 atom stereocenters. The number of hydrogen-bond acceptors (Lipinski definition) is 5. The zero-order chi connectivity index (χ0) is 28.1. The zero-order valence-corrected chi connectivity index (χ0v) is 22.3. The van der Waals surface area contributed by atoms with Gasteiger partial charge in [0, 0.05) is 43.7 Å². The molecule has 0 unspecified atom stereocenters. The van der Waals surface area contributed by atoms with Gasteiger partial charge in [-0.1, -0.05) is 36.4 Å². The van der Waals surface area contributed by atoms with Crippen molar-refractivity contribution in [3.63, 3.8) is 0 Å². The molecule has 3 amide bonds. The first-order valence-electron chi connectivity index (χ1n) is 13.6. The molecule has 40 heavy (non-hydrogen) atoms. The fraction of sp³-hybridized carbons (Fsp3) is 0.312. The van der Waals surface area contributed by atoms with Gasteiger partial charge in [-0.15, -0.1) is 0 Å². The maximum Gasteiger partial charge on any atom is 0.248 e. The van der Waals surface area contributed by atoms with E-state index in [1.807, 2.05) is 29.2 Å². The Kier molecular flexibility index (Phi) is 7.83. The number of nitriles is 1. The summed E-state index contributed by atoms with van der Waals surface area (Å²) in [4.78, 5) is 39.1. The number of ether oxygens (including phenoxy) is 1. The van der Waals surface area contributed by atoms with Crippen LogP contribution in [0.15, 0.2) is 72.8 Å². The summed E-state index contributed by atoms with van der Waals surface area (Å²) in [6, 6.07) is 23.9. The van der Waals surface area contributed by atoms with Crippen molar-refractivity contribution in [2.75, 3.05) is 13.1 Å². The molecule has 8 nitrogen and oxygen atoms in total. The highest BCUT2D eigenvalue weighted by Crippen LogP contribution is 2.53. The number of carbonyl (C=O) groups is 3. The first-order valence-corrected chi connectivity index (χ1v) is 13.6. The van der Waals surface area contributed by atoms with Gasteiger partial charge in [0.2, 0.25) is 17.7 Å². The third kappa shape index (κ3) is 6.15. The highest BCUT2D eigenvalue weighted by molar-refractivity contribution is 5.93. The van der Waals surface area contributed by atoms with Crippen LogP contribution >= 0.6 is 0 Å². The lowest BCUT2D eigenvalue weighted by atomic mass is 10.1. The van der Waals surface area contributed by atoms with Crippen molar-refractivity contribution in [2.24, 2.45) is 11.1 Å². The highest BCUT2D eigenvalue weighted by Gasteiger charge is 2.55. The third-order valence-corrected chi connectivity index (χ3v) is 7.77. The molecule has 3 fully saturated rings. The number of likely N-dealkylation sites (tertiary alicyclic amines) is 2. The summed E-state index contributed by atoms with van der Waals surface area (Å²) in [5.74, 6) is 0.971. The maximum absolute atomic E-state index is 12.0. The summed E-state index contributed by atoms with van der Waals surface area (Å²) in [7, 11) is 0. The Hall–Kier alpha value is -4.64. The van der Waals surface area contributed by atoms with Crippen LogP contribution in [0.4, 0.5) is 0 Å². The number of hydrogen-bond donors (Lipinski definition) is 1. The van der Waals surface area contributed by atoms with E-state index in [1.54, 1.807) is 47.4 Å². The summed E-state index contributed by atoms with van der Waals surface area (Å²) in [5, 5.41) is 8.86. The molecule has 6 rings (SSSR count). The van der Waals surface area contributed by atoms with Crippen LogP contribution in [0.5, 0.6) is 11.5 Å². The van der Waals surface area contributed by atoms with Crippen molar-refractivity contribution in [3.8, 4) is 17.6 Å². The predicted molar refractivity (Wildman–Crippen MR) is 149 cm³/mol. The number of carbonyl (C=O) groups excluding carboxylic acids is 3. The van der Waals surface area contributed by atoms with Crippen LogP contribution in [-0.4, -0.2) is 40.6 Å². The Morgan fingerprint density at radius 1 is 0.925 bits per heavy atom. The standard InChI is InChI=1S/C19H17N3O3.C13H15NO/c20-11-13-3-7-16(8-4-13)25-17-10-14(19(21)24)5-6-15(17)12-22-9-1-2-18(22)23;15-12-13(6-7-13)8-9-14(12)10-11-4-2-1-3-5-11/h3-8,10H,1-2,9,12H2,(H2,21,24);1-5H,6-10H2. The molecule has 1 aliphatic carbocycles. The van der Waals surface area contributed by atoms with Crippen molar-refractivity contribution in [2.45, 2.75) is 45.2 Å². The van der Waals surface area contributed by atoms with E-state index in [1.165, 1.54) is 5.56 Å². The second-order valence-corrected chi connectivity index (χ2v) is 10.6. The minimum atomic E-state index is -0.548. The van der Waals surface area contributed by atoms with Gasteiger partial charge < -0.3 is 20.3 Å². The molecular formula is C32H32N4O4. The Labute approximate surface area is 233 Å². The second kappa shape index (κ2) is 11.6. The number of benzene rings is 3. The van der Waals surface area contributed by atoms with Crippen LogP contribution in [-0.2, 0) is 22.7 Å². The molecule has 3 aliphatic rings. The molecule has 8 heteroatoms. The Morgan fingerprint density at radius 3 is 2.27 bits per heavy atom. The van der Waals surface area contributed by atoms with E-state index in [-0.39, 0.29) is 11.3 Å². The zero-order valence-electron chi connectivity index (χ0n) is 22.3. The van der Waals surface area contributed by atoms with Crippen LogP contribution < -0.4 is 10.5 Å². The summed E-state index contributed by atoms with van der Waals surface area (Å²) < 4.78 is 5.89. The molecule has 2 saturated heterocycles. The third-order valence-electron chi connectivity index (χ3n) is 7.77.